The molecule has 2 rings (SSSR count). The number of carbonyl (C=O) groups is 2. The van der Waals surface area contributed by atoms with E-state index in [0.29, 0.717) is 12.0 Å². The minimum absolute atomic E-state index is 0.236. The van der Waals surface area contributed by atoms with Gasteiger partial charge in [0.1, 0.15) is 11.2 Å². The third kappa shape index (κ3) is 2.28. The molecule has 0 radical (unpaired) electrons. The maximum Gasteiger partial charge on any atom is 0.334 e. The Kier molecular flexibility index (Phi) is 3.21. The Morgan fingerprint density at radius 2 is 2.00 bits per heavy atom. The predicted octanol–water partition coefficient (Wildman–Crippen LogP) is 2.51. The monoisotopic (exact) mass is 252 g/mol. The molecule has 0 bridgehead atoms. The van der Waals surface area contributed by atoms with Gasteiger partial charge in [0.05, 0.1) is 0 Å². The molecule has 0 unspecified atom stereocenters. The van der Waals surface area contributed by atoms with Gasteiger partial charge in [0, 0.05) is 18.9 Å². The molecule has 1 saturated heterocycles. The molecule has 1 aliphatic heterocycles. The van der Waals surface area contributed by atoms with Crippen molar-refractivity contribution in [3.05, 3.63) is 12.2 Å². The minimum atomic E-state index is -0.382. The molecule has 0 amide bonds. The molecule has 1 aliphatic carbocycles. The number of ether oxygens (including phenoxy) is 2. The van der Waals surface area contributed by atoms with Gasteiger partial charge in [-0.1, -0.05) is 13.5 Å². The van der Waals surface area contributed by atoms with E-state index in [1.165, 1.54) is 6.92 Å². The Balaban J connectivity index is 2.05. The van der Waals surface area contributed by atoms with Crippen LogP contribution in [0, 0.1) is 0 Å². The Morgan fingerprint density at radius 1 is 1.39 bits per heavy atom. The van der Waals surface area contributed by atoms with Crippen LogP contribution in [0.25, 0.3) is 0 Å². The Morgan fingerprint density at radius 3 is 2.39 bits per heavy atom. The highest BCUT2D eigenvalue weighted by atomic mass is 16.6. The highest BCUT2D eigenvalue weighted by Gasteiger charge is 2.49. The molecule has 1 heterocycles. The standard InChI is InChI=1S/C14H20O4/c1-4-13(17-11(3)15)5-7-14(8-6-13)9-10(2)12(16)18-14/h2,4-9H2,1,3H3. The second-order valence-corrected chi connectivity index (χ2v) is 5.48. The second kappa shape index (κ2) is 4.41. The Labute approximate surface area is 107 Å². The lowest BCUT2D eigenvalue weighted by molar-refractivity contribution is -0.173. The van der Waals surface area contributed by atoms with E-state index in [2.05, 4.69) is 6.58 Å². The number of carbonyl (C=O) groups excluding carboxylic acids is 2. The van der Waals surface area contributed by atoms with Crippen LogP contribution >= 0.6 is 0 Å². The summed E-state index contributed by atoms with van der Waals surface area (Å²) >= 11 is 0. The van der Waals surface area contributed by atoms with Gasteiger partial charge in [0.15, 0.2) is 0 Å². The molecule has 4 heteroatoms. The van der Waals surface area contributed by atoms with Gasteiger partial charge in [-0.3, -0.25) is 4.79 Å². The summed E-state index contributed by atoms with van der Waals surface area (Å²) in [6.45, 7) is 7.20. The predicted molar refractivity (Wildman–Crippen MR) is 65.8 cm³/mol. The maximum absolute atomic E-state index is 11.4. The molecule has 18 heavy (non-hydrogen) atoms. The fraction of sp³-hybridized carbons (Fsp3) is 0.714. The van der Waals surface area contributed by atoms with Crippen LogP contribution in [0.5, 0.6) is 0 Å². The van der Waals surface area contributed by atoms with Crippen molar-refractivity contribution in [3.63, 3.8) is 0 Å². The van der Waals surface area contributed by atoms with Gasteiger partial charge >= 0.3 is 11.9 Å². The van der Waals surface area contributed by atoms with Crippen molar-refractivity contribution < 1.29 is 19.1 Å². The summed E-state index contributed by atoms with van der Waals surface area (Å²) in [5.74, 6) is -0.507. The first-order valence-electron chi connectivity index (χ1n) is 6.51. The van der Waals surface area contributed by atoms with Crippen molar-refractivity contribution in [2.45, 2.75) is 63.6 Å². The van der Waals surface area contributed by atoms with Gasteiger partial charge in [-0.05, 0) is 32.1 Å². The lowest BCUT2D eigenvalue weighted by atomic mass is 9.73. The normalized spacial score (nSPS) is 35.7. The summed E-state index contributed by atoms with van der Waals surface area (Å²) in [6.07, 6.45) is 4.42. The first-order chi connectivity index (χ1) is 8.40. The van der Waals surface area contributed by atoms with Gasteiger partial charge in [0.2, 0.25) is 0 Å². The topological polar surface area (TPSA) is 52.6 Å². The maximum atomic E-state index is 11.4. The molecule has 0 aromatic heterocycles. The summed E-state index contributed by atoms with van der Waals surface area (Å²) in [5.41, 5.74) is -0.188. The molecular weight excluding hydrogens is 232 g/mol. The van der Waals surface area contributed by atoms with Crippen molar-refractivity contribution >= 4 is 11.9 Å². The van der Waals surface area contributed by atoms with Crippen molar-refractivity contribution in [1.82, 2.24) is 0 Å². The fourth-order valence-corrected chi connectivity index (χ4v) is 3.04. The summed E-state index contributed by atoms with van der Waals surface area (Å²) in [6, 6.07) is 0. The summed E-state index contributed by atoms with van der Waals surface area (Å²) in [5, 5.41) is 0. The van der Waals surface area contributed by atoms with Crippen LogP contribution in [-0.4, -0.2) is 23.1 Å². The van der Waals surface area contributed by atoms with Gasteiger partial charge in [-0.15, -0.1) is 0 Å². The van der Waals surface area contributed by atoms with Crippen LogP contribution in [-0.2, 0) is 19.1 Å². The first-order valence-corrected chi connectivity index (χ1v) is 6.51. The van der Waals surface area contributed by atoms with Crippen molar-refractivity contribution in [3.8, 4) is 0 Å². The zero-order chi connectivity index (χ0) is 13.4. The third-order valence-electron chi connectivity index (χ3n) is 4.21. The van der Waals surface area contributed by atoms with Crippen molar-refractivity contribution in [2.75, 3.05) is 0 Å². The average molecular weight is 252 g/mol. The molecule has 1 spiro atoms. The van der Waals surface area contributed by atoms with Gasteiger partial charge in [0.25, 0.3) is 0 Å². The minimum Gasteiger partial charge on any atom is -0.459 e. The molecule has 0 N–H and O–H groups in total. The quantitative estimate of drug-likeness (QED) is 0.559. The molecule has 1 saturated carbocycles. The van der Waals surface area contributed by atoms with E-state index in [4.69, 9.17) is 9.47 Å². The van der Waals surface area contributed by atoms with Crippen LogP contribution in [0.2, 0.25) is 0 Å². The third-order valence-corrected chi connectivity index (χ3v) is 4.21. The average Bonchev–Trinajstić information content (AvgIpc) is 2.58. The van der Waals surface area contributed by atoms with Crippen LogP contribution in [0.3, 0.4) is 0 Å². The SMILES string of the molecule is C=C1CC2(CCC(CC)(OC(C)=O)CC2)OC1=O. The zero-order valence-electron chi connectivity index (χ0n) is 11.1. The van der Waals surface area contributed by atoms with Crippen molar-refractivity contribution in [1.29, 1.82) is 0 Å². The lowest BCUT2D eigenvalue weighted by Gasteiger charge is -2.42. The van der Waals surface area contributed by atoms with Crippen LogP contribution in [0.15, 0.2) is 12.2 Å². The largest absolute Gasteiger partial charge is 0.459 e. The van der Waals surface area contributed by atoms with Crippen LogP contribution in [0.4, 0.5) is 0 Å². The van der Waals surface area contributed by atoms with Gasteiger partial charge < -0.3 is 9.47 Å². The van der Waals surface area contributed by atoms with Gasteiger partial charge in [-0.2, -0.15) is 0 Å². The van der Waals surface area contributed by atoms with E-state index in [-0.39, 0.29) is 23.1 Å². The summed E-state index contributed by atoms with van der Waals surface area (Å²) in [7, 11) is 0. The highest BCUT2D eigenvalue weighted by molar-refractivity contribution is 5.90. The molecular formula is C14H20O4. The fourth-order valence-electron chi connectivity index (χ4n) is 3.04. The van der Waals surface area contributed by atoms with Gasteiger partial charge in [-0.25, -0.2) is 4.79 Å². The molecule has 4 nitrogen and oxygen atoms in total. The van der Waals surface area contributed by atoms with E-state index < -0.39 is 0 Å². The Bertz CT molecular complexity index is 371. The summed E-state index contributed by atoms with van der Waals surface area (Å²) < 4.78 is 10.9. The first kappa shape index (κ1) is 13.1. The van der Waals surface area contributed by atoms with Crippen LogP contribution in [0.1, 0.15) is 52.4 Å². The highest BCUT2D eigenvalue weighted by Crippen LogP contribution is 2.46. The second-order valence-electron chi connectivity index (χ2n) is 5.48. The molecule has 100 valence electrons. The van der Waals surface area contributed by atoms with E-state index in [9.17, 15) is 9.59 Å². The number of hydrogen-bond donors (Lipinski definition) is 0. The summed E-state index contributed by atoms with van der Waals surface area (Å²) in [4.78, 5) is 22.6. The Hall–Kier alpha value is -1.32. The molecule has 2 fully saturated rings. The van der Waals surface area contributed by atoms with E-state index in [1.807, 2.05) is 6.92 Å². The van der Waals surface area contributed by atoms with Crippen LogP contribution < -0.4 is 0 Å². The van der Waals surface area contributed by atoms with E-state index in [0.717, 1.165) is 32.1 Å². The lowest BCUT2D eigenvalue weighted by Crippen LogP contribution is -2.44. The number of hydrogen-bond acceptors (Lipinski definition) is 4. The zero-order valence-corrected chi connectivity index (χ0v) is 11.1. The molecule has 2 aliphatic rings. The van der Waals surface area contributed by atoms with Crippen molar-refractivity contribution in [2.24, 2.45) is 0 Å². The number of rotatable bonds is 2. The molecule has 0 aromatic rings. The van der Waals surface area contributed by atoms with E-state index in [1.54, 1.807) is 0 Å². The molecule has 0 atom stereocenters. The number of esters is 2. The smallest absolute Gasteiger partial charge is 0.334 e. The molecule has 0 aromatic carbocycles. The van der Waals surface area contributed by atoms with E-state index >= 15 is 0 Å².